The minimum Gasteiger partial charge on any atom is -0.396 e. The van der Waals surface area contributed by atoms with Gasteiger partial charge in [0.25, 0.3) is 5.91 Å². The molecule has 0 aromatic carbocycles. The maximum atomic E-state index is 12.3. The molecule has 3 atom stereocenters. The van der Waals surface area contributed by atoms with E-state index in [0.717, 1.165) is 37.4 Å². The maximum absolute atomic E-state index is 12.3. The highest BCUT2D eigenvalue weighted by atomic mass is 32.1. The van der Waals surface area contributed by atoms with Crippen molar-refractivity contribution in [2.45, 2.75) is 50.8 Å². The van der Waals surface area contributed by atoms with Crippen molar-refractivity contribution in [1.29, 1.82) is 0 Å². The third-order valence-electron chi connectivity index (χ3n) is 4.52. The van der Waals surface area contributed by atoms with Gasteiger partial charge in [-0.2, -0.15) is 0 Å². The number of aryl methyl sites for hydroxylation is 1. The van der Waals surface area contributed by atoms with Crippen molar-refractivity contribution in [2.24, 2.45) is 0 Å². The van der Waals surface area contributed by atoms with E-state index < -0.39 is 0 Å². The van der Waals surface area contributed by atoms with Gasteiger partial charge in [-0.25, -0.2) is 4.98 Å². The third-order valence-corrected chi connectivity index (χ3v) is 5.43. The lowest BCUT2D eigenvalue weighted by atomic mass is 10.1. The Labute approximate surface area is 140 Å². The fraction of sp³-hybridized carbons (Fsp3) is 0.750. The molecule has 0 unspecified atom stereocenters. The molecule has 2 fully saturated rings. The highest BCUT2D eigenvalue weighted by Crippen LogP contribution is 2.24. The number of carbonyl (C=O) groups is 1. The van der Waals surface area contributed by atoms with Gasteiger partial charge >= 0.3 is 0 Å². The highest BCUT2D eigenvalue weighted by molar-refractivity contribution is 7.09. The van der Waals surface area contributed by atoms with Crippen LogP contribution in [0.1, 0.15) is 41.7 Å². The van der Waals surface area contributed by atoms with Crippen molar-refractivity contribution in [2.75, 3.05) is 26.3 Å². The predicted octanol–water partition coefficient (Wildman–Crippen LogP) is 1.05. The molecule has 0 aliphatic carbocycles. The van der Waals surface area contributed by atoms with Crippen molar-refractivity contribution in [3.8, 4) is 0 Å². The van der Waals surface area contributed by atoms with E-state index in [-0.39, 0.29) is 24.7 Å². The van der Waals surface area contributed by atoms with Crippen molar-refractivity contribution >= 4 is 17.2 Å². The summed E-state index contributed by atoms with van der Waals surface area (Å²) in [5.74, 6) is -0.0683. The van der Waals surface area contributed by atoms with Crippen LogP contribution in [0.25, 0.3) is 0 Å². The smallest absolute Gasteiger partial charge is 0.271 e. The Hall–Kier alpha value is -1.02. The zero-order valence-electron chi connectivity index (χ0n) is 13.5. The van der Waals surface area contributed by atoms with Crippen molar-refractivity contribution in [1.82, 2.24) is 15.2 Å². The van der Waals surface area contributed by atoms with Gasteiger partial charge in [-0.15, -0.1) is 11.3 Å². The molecule has 3 rings (SSSR count). The second kappa shape index (κ2) is 7.70. The van der Waals surface area contributed by atoms with E-state index in [2.05, 4.69) is 22.1 Å². The number of nitrogens with one attached hydrogen (secondary N) is 1. The standard InChI is InChI=1S/C16H25N3O3S/c1-2-3-15-18-14(10-23-15)16(21)17-11-6-12-9-22-13(4-5-20)8-19(12)7-11/h10-13,20H,2-9H2,1H3,(H,17,21)/t11-,12-,13-/m0/s1. The monoisotopic (exact) mass is 339 g/mol. The quantitative estimate of drug-likeness (QED) is 0.810. The van der Waals surface area contributed by atoms with E-state index in [4.69, 9.17) is 9.84 Å². The number of aromatic nitrogens is 1. The fourth-order valence-electron chi connectivity index (χ4n) is 3.37. The Morgan fingerprint density at radius 3 is 3.22 bits per heavy atom. The van der Waals surface area contributed by atoms with Crippen molar-refractivity contribution < 1.29 is 14.6 Å². The first-order chi connectivity index (χ1) is 11.2. The van der Waals surface area contributed by atoms with Crippen LogP contribution >= 0.6 is 11.3 Å². The molecular weight excluding hydrogens is 314 g/mol. The van der Waals surface area contributed by atoms with E-state index in [0.29, 0.717) is 24.8 Å². The number of carbonyl (C=O) groups excluding carboxylic acids is 1. The number of amides is 1. The number of rotatable bonds is 6. The lowest BCUT2D eigenvalue weighted by molar-refractivity contribution is -0.0566. The summed E-state index contributed by atoms with van der Waals surface area (Å²) in [5, 5.41) is 15.0. The lowest BCUT2D eigenvalue weighted by Crippen LogP contribution is -2.46. The number of fused-ring (bicyclic) bond motifs is 1. The second-order valence-electron chi connectivity index (χ2n) is 6.36. The average Bonchev–Trinajstić information content (AvgIpc) is 3.14. The van der Waals surface area contributed by atoms with Gasteiger partial charge in [-0.05, 0) is 25.7 Å². The van der Waals surface area contributed by atoms with Crippen LogP contribution in [-0.4, -0.2) is 65.4 Å². The number of hydrogen-bond donors (Lipinski definition) is 2. The molecule has 2 N–H and O–H groups in total. The van der Waals surface area contributed by atoms with Crippen molar-refractivity contribution in [3.05, 3.63) is 16.1 Å². The molecule has 1 aromatic rings. The largest absolute Gasteiger partial charge is 0.396 e. The molecule has 2 saturated heterocycles. The van der Waals surface area contributed by atoms with Gasteiger partial charge in [-0.3, -0.25) is 9.69 Å². The SMILES string of the molecule is CCCc1nc(C(=O)N[C@H]2C[C@H]3CO[C@@H](CCO)CN3C2)cs1. The molecule has 0 saturated carbocycles. The molecule has 0 radical (unpaired) electrons. The molecular formula is C16H25N3O3S. The number of aliphatic hydroxyl groups excluding tert-OH is 1. The first kappa shape index (κ1) is 16.8. The average molecular weight is 339 g/mol. The van der Waals surface area contributed by atoms with Gasteiger partial charge in [-0.1, -0.05) is 6.92 Å². The van der Waals surface area contributed by atoms with E-state index in [9.17, 15) is 4.79 Å². The van der Waals surface area contributed by atoms with Crippen LogP contribution in [0.4, 0.5) is 0 Å². The lowest BCUT2D eigenvalue weighted by Gasteiger charge is -2.34. The number of nitrogens with zero attached hydrogens (tertiary/aromatic N) is 2. The van der Waals surface area contributed by atoms with Crippen LogP contribution in [-0.2, 0) is 11.2 Å². The van der Waals surface area contributed by atoms with Crippen LogP contribution in [0, 0.1) is 0 Å². The summed E-state index contributed by atoms with van der Waals surface area (Å²) in [6, 6.07) is 0.529. The van der Waals surface area contributed by atoms with Gasteiger partial charge < -0.3 is 15.2 Å². The molecule has 7 heteroatoms. The number of aliphatic hydroxyl groups is 1. The molecule has 0 spiro atoms. The van der Waals surface area contributed by atoms with Gasteiger partial charge in [0, 0.05) is 37.2 Å². The van der Waals surface area contributed by atoms with E-state index in [1.54, 1.807) is 11.3 Å². The second-order valence-corrected chi connectivity index (χ2v) is 7.30. The van der Waals surface area contributed by atoms with Crippen LogP contribution in [0.5, 0.6) is 0 Å². The Balaban J connectivity index is 1.52. The van der Waals surface area contributed by atoms with Gasteiger partial charge in [0.1, 0.15) is 5.69 Å². The normalized spacial score (nSPS) is 27.8. The highest BCUT2D eigenvalue weighted by Gasteiger charge is 2.37. The fourth-order valence-corrected chi connectivity index (χ4v) is 4.25. The minimum absolute atomic E-state index is 0.0683. The van der Waals surface area contributed by atoms with Crippen LogP contribution in [0.3, 0.4) is 0 Å². The molecule has 128 valence electrons. The topological polar surface area (TPSA) is 74.7 Å². The summed E-state index contributed by atoms with van der Waals surface area (Å²) >= 11 is 1.56. The van der Waals surface area contributed by atoms with Crippen LogP contribution in [0.2, 0.25) is 0 Å². The van der Waals surface area contributed by atoms with E-state index in [1.165, 1.54) is 0 Å². The summed E-state index contributed by atoms with van der Waals surface area (Å²) in [5.41, 5.74) is 0.540. The van der Waals surface area contributed by atoms with Crippen LogP contribution in [0.15, 0.2) is 5.38 Å². The Morgan fingerprint density at radius 2 is 2.43 bits per heavy atom. The zero-order chi connectivity index (χ0) is 16.2. The molecule has 23 heavy (non-hydrogen) atoms. The predicted molar refractivity (Wildman–Crippen MR) is 88.8 cm³/mol. The number of morpholine rings is 1. The van der Waals surface area contributed by atoms with Gasteiger partial charge in [0.15, 0.2) is 0 Å². The number of ether oxygens (including phenoxy) is 1. The summed E-state index contributed by atoms with van der Waals surface area (Å²) in [7, 11) is 0. The molecule has 3 heterocycles. The maximum Gasteiger partial charge on any atom is 0.271 e. The Morgan fingerprint density at radius 1 is 1.57 bits per heavy atom. The van der Waals surface area contributed by atoms with Crippen molar-refractivity contribution in [3.63, 3.8) is 0 Å². The van der Waals surface area contributed by atoms with E-state index >= 15 is 0 Å². The molecule has 2 aliphatic rings. The molecule has 0 bridgehead atoms. The molecule has 1 aromatic heterocycles. The summed E-state index contributed by atoms with van der Waals surface area (Å²) < 4.78 is 5.78. The Bertz CT molecular complexity index is 536. The number of thiazole rings is 1. The van der Waals surface area contributed by atoms with Gasteiger partial charge in [0.05, 0.1) is 17.7 Å². The number of hydrogen-bond acceptors (Lipinski definition) is 6. The molecule has 2 aliphatic heterocycles. The third kappa shape index (κ3) is 4.09. The minimum atomic E-state index is -0.0683. The first-order valence-electron chi connectivity index (χ1n) is 8.41. The molecule has 6 nitrogen and oxygen atoms in total. The summed E-state index contributed by atoms with van der Waals surface area (Å²) in [4.78, 5) is 19.1. The summed E-state index contributed by atoms with van der Waals surface area (Å²) in [6.07, 6.45) is 3.69. The van der Waals surface area contributed by atoms with E-state index in [1.807, 2.05) is 5.38 Å². The first-order valence-corrected chi connectivity index (χ1v) is 9.29. The van der Waals surface area contributed by atoms with Crippen LogP contribution < -0.4 is 5.32 Å². The van der Waals surface area contributed by atoms with Gasteiger partial charge in [0.2, 0.25) is 0 Å². The Kier molecular flexibility index (Phi) is 5.63. The summed E-state index contributed by atoms with van der Waals surface area (Å²) in [6.45, 7) is 4.66. The molecule has 1 amide bonds. The zero-order valence-corrected chi connectivity index (χ0v) is 14.3.